The van der Waals surface area contributed by atoms with E-state index in [2.05, 4.69) is 27.8 Å². The van der Waals surface area contributed by atoms with E-state index < -0.39 is 23.4 Å². The number of hydrogen-bond acceptors (Lipinski definition) is 6. The minimum Gasteiger partial charge on any atom is -0.481 e. The number of fused-ring (bicyclic) bond motifs is 3. The number of amides is 2. The number of hydrogen-bond donors (Lipinski definition) is 3. The fraction of sp³-hybridized carbons (Fsp3) is 0.308. The lowest BCUT2D eigenvalue weighted by molar-refractivity contribution is -0.147. The van der Waals surface area contributed by atoms with Gasteiger partial charge in [-0.2, -0.15) is 0 Å². The van der Waals surface area contributed by atoms with Crippen LogP contribution in [0.1, 0.15) is 53.6 Å². The molecule has 0 spiro atoms. The zero-order valence-electron chi connectivity index (χ0n) is 19.5. The molecule has 35 heavy (non-hydrogen) atoms. The van der Waals surface area contributed by atoms with Crippen LogP contribution in [0.3, 0.4) is 0 Å². The molecule has 0 saturated heterocycles. The average molecular weight is 478 g/mol. The van der Waals surface area contributed by atoms with Crippen LogP contribution in [0.2, 0.25) is 0 Å². The Morgan fingerprint density at radius 2 is 1.66 bits per heavy atom. The molecule has 1 aliphatic carbocycles. The van der Waals surface area contributed by atoms with Gasteiger partial charge in [0.25, 0.3) is 5.91 Å². The van der Waals surface area contributed by atoms with Crippen molar-refractivity contribution in [3.63, 3.8) is 0 Å². The van der Waals surface area contributed by atoms with E-state index in [0.717, 1.165) is 28.6 Å². The predicted molar refractivity (Wildman–Crippen MR) is 127 cm³/mol. The maximum absolute atomic E-state index is 12.4. The van der Waals surface area contributed by atoms with Gasteiger partial charge in [-0.25, -0.2) is 9.78 Å². The smallest absolute Gasteiger partial charge is 0.407 e. The second-order valence-corrected chi connectivity index (χ2v) is 9.00. The molecular weight excluding hydrogens is 450 g/mol. The maximum Gasteiger partial charge on any atom is 0.407 e. The van der Waals surface area contributed by atoms with Crippen LogP contribution in [0.25, 0.3) is 11.1 Å². The first-order chi connectivity index (χ1) is 16.8. The highest BCUT2D eigenvalue weighted by Gasteiger charge is 2.29. The number of carboxylic acid groups (broad SMARTS) is 1. The van der Waals surface area contributed by atoms with Crippen LogP contribution in [-0.2, 0) is 16.1 Å². The number of rotatable bonds is 9. The Kier molecular flexibility index (Phi) is 6.86. The van der Waals surface area contributed by atoms with Gasteiger partial charge in [0.1, 0.15) is 6.61 Å². The predicted octanol–water partition coefficient (Wildman–Crippen LogP) is 3.94. The summed E-state index contributed by atoms with van der Waals surface area (Å²) in [5.41, 5.74) is 3.56. The van der Waals surface area contributed by atoms with E-state index in [0.29, 0.717) is 0 Å². The Hall–Kier alpha value is -4.14. The monoisotopic (exact) mass is 477 g/mol. The van der Waals surface area contributed by atoms with Crippen molar-refractivity contribution < 1.29 is 28.6 Å². The van der Waals surface area contributed by atoms with Crippen molar-refractivity contribution in [2.45, 2.75) is 32.7 Å². The zero-order valence-corrected chi connectivity index (χ0v) is 19.5. The molecule has 0 bridgehead atoms. The summed E-state index contributed by atoms with van der Waals surface area (Å²) in [4.78, 5) is 39.9. The molecule has 2 aromatic carbocycles. The van der Waals surface area contributed by atoms with Gasteiger partial charge in [-0.05, 0) is 42.5 Å². The molecule has 0 aliphatic heterocycles. The van der Waals surface area contributed by atoms with Crippen molar-refractivity contribution in [3.8, 4) is 11.1 Å². The van der Waals surface area contributed by atoms with Gasteiger partial charge in [0, 0.05) is 12.5 Å². The quantitative estimate of drug-likeness (QED) is 0.425. The molecule has 1 heterocycles. The fourth-order valence-electron chi connectivity index (χ4n) is 4.06. The third kappa shape index (κ3) is 5.18. The van der Waals surface area contributed by atoms with Crippen molar-refractivity contribution in [1.82, 2.24) is 15.6 Å². The number of nitrogens with zero attached hydrogens (tertiary/aromatic N) is 1. The number of alkyl carbamates (subject to hydrolysis) is 1. The van der Waals surface area contributed by atoms with Gasteiger partial charge in [-0.15, -0.1) is 0 Å². The van der Waals surface area contributed by atoms with Crippen LogP contribution in [0.15, 0.2) is 59.3 Å². The Balaban J connectivity index is 1.30. The van der Waals surface area contributed by atoms with Crippen LogP contribution in [-0.4, -0.2) is 41.2 Å². The molecule has 3 aromatic rings. The number of aliphatic carboxylic acids is 1. The Bertz CT molecular complexity index is 1200. The summed E-state index contributed by atoms with van der Waals surface area (Å²) in [7, 11) is 0. The average Bonchev–Trinajstić information content (AvgIpc) is 3.44. The molecule has 1 aliphatic rings. The molecule has 3 N–H and O–H groups in total. The third-order valence-electron chi connectivity index (χ3n) is 6.21. The number of aromatic nitrogens is 1. The van der Waals surface area contributed by atoms with Crippen LogP contribution in [0, 0.1) is 5.41 Å². The lowest BCUT2D eigenvalue weighted by Gasteiger charge is -2.18. The normalized spacial score (nSPS) is 12.5. The van der Waals surface area contributed by atoms with Crippen molar-refractivity contribution in [2.24, 2.45) is 5.41 Å². The van der Waals surface area contributed by atoms with E-state index >= 15 is 0 Å². The first-order valence-electron chi connectivity index (χ1n) is 11.3. The van der Waals surface area contributed by atoms with E-state index in [9.17, 15) is 19.5 Å². The fourth-order valence-corrected chi connectivity index (χ4v) is 4.06. The lowest BCUT2D eigenvalue weighted by Crippen LogP contribution is -2.33. The number of ether oxygens (including phenoxy) is 1. The molecule has 0 saturated carbocycles. The number of oxazole rings is 1. The second kappa shape index (κ2) is 10.0. The Morgan fingerprint density at radius 1 is 1.03 bits per heavy atom. The molecule has 182 valence electrons. The van der Waals surface area contributed by atoms with E-state index in [1.54, 1.807) is 13.8 Å². The molecule has 9 heteroatoms. The molecule has 4 rings (SSSR count). The number of carboxylic acids is 1. The summed E-state index contributed by atoms with van der Waals surface area (Å²) in [5, 5.41) is 14.4. The number of carbonyl (C=O) groups is 3. The number of carbonyl (C=O) groups excluding carboxylic acids is 2. The van der Waals surface area contributed by atoms with Crippen LogP contribution >= 0.6 is 0 Å². The second-order valence-electron chi connectivity index (χ2n) is 9.00. The highest BCUT2D eigenvalue weighted by atomic mass is 16.5. The first kappa shape index (κ1) is 24.0. The molecule has 0 atom stereocenters. The molecule has 0 unspecified atom stereocenters. The summed E-state index contributed by atoms with van der Waals surface area (Å²) in [6.07, 6.45) is 0.724. The van der Waals surface area contributed by atoms with Gasteiger partial charge in [0.05, 0.1) is 12.0 Å². The van der Waals surface area contributed by atoms with E-state index in [1.165, 1.54) is 0 Å². The molecule has 1 aromatic heterocycles. The Labute approximate surface area is 202 Å². The largest absolute Gasteiger partial charge is 0.481 e. The van der Waals surface area contributed by atoms with Gasteiger partial charge < -0.3 is 24.9 Å². The standard InChI is InChI=1S/C26H27N3O6/c1-26(2,24(31)32)11-12-27-23(30)22-21(35-15-29-22)13-28-25(33)34-14-20-18-9-5-3-7-16(18)17-8-4-6-10-19(17)20/h3-10,15,20H,11-14H2,1-2H3,(H,27,30)(H,28,33)(H,31,32). The van der Waals surface area contributed by atoms with Gasteiger partial charge in [-0.1, -0.05) is 48.5 Å². The summed E-state index contributed by atoms with van der Waals surface area (Å²) >= 11 is 0. The van der Waals surface area contributed by atoms with Gasteiger partial charge >= 0.3 is 12.1 Å². The molecule has 0 radical (unpaired) electrons. The molecule has 9 nitrogen and oxygen atoms in total. The van der Waals surface area contributed by atoms with Crippen molar-refractivity contribution in [3.05, 3.63) is 77.5 Å². The molecule has 2 amide bonds. The van der Waals surface area contributed by atoms with E-state index in [-0.39, 0.29) is 43.5 Å². The summed E-state index contributed by atoms with van der Waals surface area (Å²) in [6.45, 7) is 3.41. The van der Waals surface area contributed by atoms with Gasteiger partial charge in [0.2, 0.25) is 0 Å². The highest BCUT2D eigenvalue weighted by Crippen LogP contribution is 2.44. The minimum absolute atomic E-state index is 0.0251. The van der Waals surface area contributed by atoms with Crippen molar-refractivity contribution in [1.29, 1.82) is 0 Å². The highest BCUT2D eigenvalue weighted by molar-refractivity contribution is 5.93. The summed E-state index contributed by atoms with van der Waals surface area (Å²) in [6, 6.07) is 16.1. The van der Waals surface area contributed by atoms with E-state index in [1.807, 2.05) is 36.4 Å². The van der Waals surface area contributed by atoms with E-state index in [4.69, 9.17) is 9.15 Å². The van der Waals surface area contributed by atoms with Crippen molar-refractivity contribution in [2.75, 3.05) is 13.2 Å². The summed E-state index contributed by atoms with van der Waals surface area (Å²) in [5.74, 6) is -1.34. The molecule has 0 fully saturated rings. The third-order valence-corrected chi connectivity index (χ3v) is 6.21. The zero-order chi connectivity index (χ0) is 25.0. The lowest BCUT2D eigenvalue weighted by atomic mass is 9.90. The Morgan fingerprint density at radius 3 is 2.29 bits per heavy atom. The number of benzene rings is 2. The summed E-state index contributed by atoms with van der Waals surface area (Å²) < 4.78 is 10.8. The van der Waals surface area contributed by atoms with Gasteiger partial charge in [0.15, 0.2) is 17.8 Å². The van der Waals surface area contributed by atoms with Crippen LogP contribution in [0.4, 0.5) is 4.79 Å². The van der Waals surface area contributed by atoms with Crippen LogP contribution < -0.4 is 10.6 Å². The minimum atomic E-state index is -0.967. The SMILES string of the molecule is CC(C)(CCNC(=O)c1ncoc1CNC(=O)OCC1c2ccccc2-c2ccccc21)C(=O)O. The molecular formula is C26H27N3O6. The maximum atomic E-state index is 12.4. The van der Waals surface area contributed by atoms with Crippen LogP contribution in [0.5, 0.6) is 0 Å². The van der Waals surface area contributed by atoms with Gasteiger partial charge in [-0.3, -0.25) is 9.59 Å². The first-order valence-corrected chi connectivity index (χ1v) is 11.3. The number of nitrogens with one attached hydrogen (secondary N) is 2. The van der Waals surface area contributed by atoms with Crippen molar-refractivity contribution >= 4 is 18.0 Å². The topological polar surface area (TPSA) is 131 Å².